The number of carbonyl (C=O) groups is 1. The van der Waals surface area contributed by atoms with Gasteiger partial charge in [0, 0.05) is 35.2 Å². The number of aryl methyl sites for hydroxylation is 2. The molecule has 0 aliphatic carbocycles. The van der Waals surface area contributed by atoms with E-state index < -0.39 is 6.61 Å². The third-order valence-corrected chi connectivity index (χ3v) is 6.16. The fourth-order valence-corrected chi connectivity index (χ4v) is 4.39. The lowest BCUT2D eigenvalue weighted by Gasteiger charge is -2.13. The molecule has 0 aliphatic rings. The van der Waals surface area contributed by atoms with Crippen LogP contribution in [0.1, 0.15) is 17.5 Å². The van der Waals surface area contributed by atoms with Gasteiger partial charge in [-0.3, -0.25) is 14.2 Å². The van der Waals surface area contributed by atoms with E-state index in [2.05, 4.69) is 15.0 Å². The summed E-state index contributed by atoms with van der Waals surface area (Å²) < 4.78 is 30.9. The van der Waals surface area contributed by atoms with Crippen LogP contribution >= 0.6 is 11.3 Å². The molecule has 0 unspecified atom stereocenters. The van der Waals surface area contributed by atoms with Crippen molar-refractivity contribution in [2.75, 3.05) is 5.32 Å². The van der Waals surface area contributed by atoms with Gasteiger partial charge in [-0.25, -0.2) is 4.98 Å². The number of anilines is 1. The van der Waals surface area contributed by atoms with Crippen molar-refractivity contribution in [1.29, 1.82) is 0 Å². The van der Waals surface area contributed by atoms with Crippen LogP contribution in [0.4, 0.5) is 14.5 Å². The number of aromatic nitrogens is 2. The fourth-order valence-electron chi connectivity index (χ4n) is 3.48. The molecule has 0 radical (unpaired) electrons. The van der Waals surface area contributed by atoms with Crippen LogP contribution in [-0.2, 0) is 11.3 Å². The summed E-state index contributed by atoms with van der Waals surface area (Å²) in [6.07, 6.45) is 1.45. The molecule has 0 atom stereocenters. The summed E-state index contributed by atoms with van der Waals surface area (Å²) >= 11 is 1.40. The number of halogens is 2. The molecule has 4 rings (SSSR count). The number of nitrogens with zero attached hydrogens (tertiary/aromatic N) is 2. The smallest absolute Gasteiger partial charge is 0.387 e. The zero-order valence-electron chi connectivity index (χ0n) is 18.0. The number of amides is 1. The molecule has 2 heterocycles. The molecule has 1 N–H and O–H groups in total. The van der Waals surface area contributed by atoms with Crippen molar-refractivity contribution in [2.24, 2.45) is 0 Å². The van der Waals surface area contributed by atoms with Crippen LogP contribution in [0.2, 0.25) is 0 Å². The molecular weight excluding hydrogens is 448 g/mol. The maximum atomic E-state index is 13.1. The van der Waals surface area contributed by atoms with Crippen LogP contribution in [-0.4, -0.2) is 22.1 Å². The number of nitrogens with one attached hydrogen (secondary N) is 1. The number of alkyl halides is 2. The largest absolute Gasteiger partial charge is 0.434 e. The van der Waals surface area contributed by atoms with Gasteiger partial charge in [0.15, 0.2) is 0 Å². The van der Waals surface area contributed by atoms with Gasteiger partial charge in [-0.2, -0.15) is 8.78 Å². The third kappa shape index (κ3) is 4.93. The number of rotatable bonds is 7. The molecule has 0 aliphatic heterocycles. The van der Waals surface area contributed by atoms with E-state index in [4.69, 9.17) is 0 Å². The van der Waals surface area contributed by atoms with Gasteiger partial charge in [0.2, 0.25) is 5.91 Å². The predicted octanol–water partition coefficient (Wildman–Crippen LogP) is 5.37. The zero-order chi connectivity index (χ0) is 23.5. The first-order valence-electron chi connectivity index (χ1n) is 10.2. The Labute approximate surface area is 192 Å². The van der Waals surface area contributed by atoms with Crippen LogP contribution in [0.25, 0.3) is 21.3 Å². The molecule has 0 saturated heterocycles. The van der Waals surface area contributed by atoms with Gasteiger partial charge in [0.1, 0.15) is 10.6 Å². The van der Waals surface area contributed by atoms with Crippen LogP contribution < -0.4 is 15.6 Å². The number of ether oxygens (including phenoxy) is 1. The van der Waals surface area contributed by atoms with Crippen molar-refractivity contribution in [1.82, 2.24) is 9.55 Å². The van der Waals surface area contributed by atoms with Crippen molar-refractivity contribution < 1.29 is 18.3 Å². The van der Waals surface area contributed by atoms with Crippen LogP contribution in [0.3, 0.4) is 0 Å². The van der Waals surface area contributed by atoms with E-state index in [1.165, 1.54) is 34.4 Å². The molecule has 9 heteroatoms. The maximum Gasteiger partial charge on any atom is 0.387 e. The van der Waals surface area contributed by atoms with E-state index >= 15 is 0 Å². The summed E-state index contributed by atoms with van der Waals surface area (Å²) in [6, 6.07) is 12.4. The van der Waals surface area contributed by atoms with Crippen molar-refractivity contribution in [2.45, 2.75) is 33.4 Å². The van der Waals surface area contributed by atoms with E-state index in [0.29, 0.717) is 21.5 Å². The van der Waals surface area contributed by atoms with Gasteiger partial charge in [0.05, 0.1) is 11.7 Å². The number of benzene rings is 2. The molecule has 2 aromatic carbocycles. The molecule has 0 bridgehead atoms. The summed E-state index contributed by atoms with van der Waals surface area (Å²) in [7, 11) is 0. The van der Waals surface area contributed by atoms with Gasteiger partial charge < -0.3 is 10.1 Å². The molecule has 1 amide bonds. The summed E-state index contributed by atoms with van der Waals surface area (Å²) in [5.74, 6) is -0.363. The Morgan fingerprint density at radius 2 is 1.94 bits per heavy atom. The lowest BCUT2D eigenvalue weighted by molar-refractivity contribution is -0.116. The Morgan fingerprint density at radius 1 is 1.18 bits per heavy atom. The predicted molar refractivity (Wildman–Crippen MR) is 125 cm³/mol. The van der Waals surface area contributed by atoms with Gasteiger partial charge >= 0.3 is 6.61 Å². The molecule has 0 saturated carbocycles. The second kappa shape index (κ2) is 9.50. The standard InChI is InChI=1S/C24H21F2N3O3S/c1-14-6-8-16(9-7-14)17-12-33-22-21(17)23(31)29(13-27-22)11-10-20(30)28-18-4-3-5-19(15(18)2)32-24(25)26/h3-9,12-13,24H,10-11H2,1-2H3,(H,28,30). The molecule has 0 fully saturated rings. The number of hydrogen-bond acceptors (Lipinski definition) is 5. The SMILES string of the molecule is Cc1ccc(-c2csc3ncn(CCC(=O)Nc4cccc(OC(F)F)c4C)c(=O)c23)cc1. The highest BCUT2D eigenvalue weighted by atomic mass is 32.1. The number of fused-ring (bicyclic) bond motifs is 1. The molecule has 4 aromatic rings. The Kier molecular flexibility index (Phi) is 6.50. The average Bonchev–Trinajstić information content (AvgIpc) is 3.21. The molecule has 0 spiro atoms. The highest BCUT2D eigenvalue weighted by molar-refractivity contribution is 7.17. The van der Waals surface area contributed by atoms with Crippen molar-refractivity contribution in [3.05, 3.63) is 75.7 Å². The molecule has 2 aromatic heterocycles. The lowest BCUT2D eigenvalue weighted by Crippen LogP contribution is -2.23. The van der Waals surface area contributed by atoms with Crippen molar-refractivity contribution >= 4 is 33.1 Å². The minimum absolute atomic E-state index is 0.00485. The van der Waals surface area contributed by atoms with Crippen LogP contribution in [0.5, 0.6) is 5.75 Å². The number of hydrogen-bond donors (Lipinski definition) is 1. The first kappa shape index (κ1) is 22.6. The summed E-state index contributed by atoms with van der Waals surface area (Å²) in [5.41, 5.74) is 3.43. The van der Waals surface area contributed by atoms with E-state index in [-0.39, 0.29) is 30.2 Å². The van der Waals surface area contributed by atoms with Crippen molar-refractivity contribution in [3.8, 4) is 16.9 Å². The monoisotopic (exact) mass is 469 g/mol. The van der Waals surface area contributed by atoms with Gasteiger partial charge in [-0.15, -0.1) is 11.3 Å². The second-order valence-electron chi connectivity index (χ2n) is 7.54. The fraction of sp³-hybridized carbons (Fsp3) is 0.208. The van der Waals surface area contributed by atoms with E-state index in [0.717, 1.165) is 16.7 Å². The molecule has 33 heavy (non-hydrogen) atoms. The summed E-state index contributed by atoms with van der Waals surface area (Å²) in [4.78, 5) is 30.6. The Balaban J connectivity index is 1.51. The van der Waals surface area contributed by atoms with Gasteiger partial charge in [-0.05, 0) is 31.5 Å². The van der Waals surface area contributed by atoms with Gasteiger partial charge in [0.25, 0.3) is 5.56 Å². The van der Waals surface area contributed by atoms with E-state index in [9.17, 15) is 18.4 Å². The minimum Gasteiger partial charge on any atom is -0.434 e. The Morgan fingerprint density at radius 3 is 2.67 bits per heavy atom. The minimum atomic E-state index is -2.95. The Hall–Kier alpha value is -3.59. The van der Waals surface area contributed by atoms with Crippen molar-refractivity contribution in [3.63, 3.8) is 0 Å². The zero-order valence-corrected chi connectivity index (χ0v) is 18.8. The second-order valence-corrected chi connectivity index (χ2v) is 8.40. The number of carbonyl (C=O) groups excluding carboxylic acids is 1. The topological polar surface area (TPSA) is 73.2 Å². The third-order valence-electron chi connectivity index (χ3n) is 5.28. The van der Waals surface area contributed by atoms with E-state index in [1.54, 1.807) is 13.0 Å². The first-order valence-corrected chi connectivity index (χ1v) is 11.1. The maximum absolute atomic E-state index is 13.1. The summed E-state index contributed by atoms with van der Waals surface area (Å²) in [5, 5.41) is 5.13. The highest BCUT2D eigenvalue weighted by Gasteiger charge is 2.15. The quantitative estimate of drug-likeness (QED) is 0.395. The van der Waals surface area contributed by atoms with Gasteiger partial charge in [-0.1, -0.05) is 35.9 Å². The number of thiophene rings is 1. The average molecular weight is 470 g/mol. The van der Waals surface area contributed by atoms with Crippen LogP contribution in [0, 0.1) is 13.8 Å². The molecule has 170 valence electrons. The Bertz CT molecular complexity index is 1360. The lowest BCUT2D eigenvalue weighted by atomic mass is 10.1. The van der Waals surface area contributed by atoms with E-state index in [1.807, 2.05) is 36.6 Å². The molecular formula is C24H21F2N3O3S. The van der Waals surface area contributed by atoms with Crippen LogP contribution in [0.15, 0.2) is 59.0 Å². The summed E-state index contributed by atoms with van der Waals surface area (Å²) in [6.45, 7) is 0.756. The normalized spacial score (nSPS) is 11.2. The molecule has 6 nitrogen and oxygen atoms in total. The highest BCUT2D eigenvalue weighted by Crippen LogP contribution is 2.31. The first-order chi connectivity index (χ1) is 15.8.